The number of rotatable bonds is 5. The summed E-state index contributed by atoms with van der Waals surface area (Å²) in [4.78, 5) is 23.0. The fourth-order valence-corrected chi connectivity index (χ4v) is 5.00. The minimum Gasteiger partial charge on any atom is -0.356 e. The molecule has 2 aliphatic rings. The van der Waals surface area contributed by atoms with Crippen molar-refractivity contribution >= 4 is 27.1 Å². The Morgan fingerprint density at radius 2 is 1.94 bits per heavy atom. The molecule has 1 saturated heterocycles. The van der Waals surface area contributed by atoms with Gasteiger partial charge in [0.05, 0.1) is 26.5 Å². The second kappa shape index (κ2) is 9.24. The number of nitrogens with zero attached hydrogens (tertiary/aromatic N) is 3. The number of amides is 1. The van der Waals surface area contributed by atoms with Crippen LogP contribution in [0.2, 0.25) is 0 Å². The van der Waals surface area contributed by atoms with E-state index in [1.165, 1.54) is 30.2 Å². The molecule has 4 rings (SSSR count). The van der Waals surface area contributed by atoms with Crippen LogP contribution in [0.3, 0.4) is 0 Å². The Morgan fingerprint density at radius 3 is 2.56 bits per heavy atom. The number of carbonyl (C=O) groups excluding carboxylic acids is 1. The number of pyridine rings is 2. The van der Waals surface area contributed by atoms with Gasteiger partial charge in [0, 0.05) is 50.0 Å². The third-order valence-electron chi connectivity index (χ3n) is 6.34. The molecular weight excluding hydrogens is 505 g/mol. The molecule has 0 radical (unpaired) electrons. The van der Waals surface area contributed by atoms with E-state index in [4.69, 9.17) is 4.78 Å². The highest BCUT2D eigenvalue weighted by atomic mass is 32.2. The summed E-state index contributed by atoms with van der Waals surface area (Å²) in [5.74, 6) is -4.27. The van der Waals surface area contributed by atoms with Crippen LogP contribution in [0.1, 0.15) is 65.2 Å². The molecule has 2 aromatic heterocycles. The Labute approximate surface area is 205 Å². The third kappa shape index (κ3) is 5.60. The molecule has 0 unspecified atom stereocenters. The Bertz CT molecular complexity index is 1290. The van der Waals surface area contributed by atoms with Gasteiger partial charge < -0.3 is 10.2 Å². The van der Waals surface area contributed by atoms with Gasteiger partial charge in [-0.15, -0.1) is 0 Å². The van der Waals surface area contributed by atoms with E-state index in [9.17, 15) is 31.0 Å². The maximum atomic E-state index is 14.1. The molecule has 1 aliphatic carbocycles. The first-order chi connectivity index (χ1) is 16.7. The zero-order chi connectivity index (χ0) is 26.5. The molecule has 7 nitrogen and oxygen atoms in total. The molecule has 2 fully saturated rings. The van der Waals surface area contributed by atoms with Crippen molar-refractivity contribution in [2.24, 2.45) is 0 Å². The smallest absolute Gasteiger partial charge is 0.356 e. The fourth-order valence-electron chi connectivity index (χ4n) is 4.39. The number of alkyl halides is 5. The van der Waals surface area contributed by atoms with Crippen molar-refractivity contribution in [1.29, 1.82) is 4.78 Å². The lowest BCUT2D eigenvalue weighted by Crippen LogP contribution is -2.31. The lowest BCUT2D eigenvalue weighted by molar-refractivity contribution is -0.139. The first kappa shape index (κ1) is 26.2. The predicted molar refractivity (Wildman–Crippen MR) is 124 cm³/mol. The van der Waals surface area contributed by atoms with Gasteiger partial charge in [-0.2, -0.15) is 13.2 Å². The number of anilines is 2. The second-order valence-corrected chi connectivity index (χ2v) is 11.5. The van der Waals surface area contributed by atoms with Crippen molar-refractivity contribution in [3.8, 4) is 0 Å². The summed E-state index contributed by atoms with van der Waals surface area (Å²) in [7, 11) is -3.21. The van der Waals surface area contributed by atoms with Crippen LogP contribution in [0.25, 0.3) is 0 Å². The lowest BCUT2D eigenvalue weighted by atomic mass is 9.97. The monoisotopic (exact) mass is 531 g/mol. The zero-order valence-corrected chi connectivity index (χ0v) is 20.5. The summed E-state index contributed by atoms with van der Waals surface area (Å²) in [6.45, 7) is 1.15. The number of carbonyl (C=O) groups is 1. The Hall–Kier alpha value is -2.83. The van der Waals surface area contributed by atoms with E-state index in [0.29, 0.717) is 12.8 Å². The summed E-state index contributed by atoms with van der Waals surface area (Å²) in [6, 6.07) is 2.57. The van der Waals surface area contributed by atoms with E-state index < -0.39 is 45.6 Å². The standard InChI is InChI=1S/C23H26F5N5O2S/c1-13-17(21(34)31-15-6-9-30-16(12-15)36(2,29)35)20(33-10-3-7-22(24,25)8-11-33)32-19(14-4-5-14)18(13)23(26,27)28/h6,9,12,14,29H,3-5,7-8,10-11H2,1-2H3,(H,30,31,34)/t36-/m1/s1. The van der Waals surface area contributed by atoms with E-state index in [2.05, 4.69) is 15.3 Å². The van der Waals surface area contributed by atoms with Crippen LogP contribution in [0.5, 0.6) is 0 Å². The van der Waals surface area contributed by atoms with E-state index in [0.717, 1.165) is 6.26 Å². The topological polar surface area (TPSA) is 99.0 Å². The maximum Gasteiger partial charge on any atom is 0.418 e. The molecule has 3 heterocycles. The number of hydrogen-bond donors (Lipinski definition) is 2. The maximum absolute atomic E-state index is 14.1. The van der Waals surface area contributed by atoms with Crippen molar-refractivity contribution in [1.82, 2.24) is 9.97 Å². The second-order valence-electron chi connectivity index (χ2n) is 9.34. The van der Waals surface area contributed by atoms with Gasteiger partial charge in [0.2, 0.25) is 5.92 Å². The first-order valence-electron chi connectivity index (χ1n) is 11.4. The van der Waals surface area contributed by atoms with Crippen molar-refractivity contribution in [2.75, 3.05) is 29.6 Å². The Balaban J connectivity index is 1.83. The molecule has 13 heteroatoms. The van der Waals surface area contributed by atoms with Gasteiger partial charge in [-0.25, -0.2) is 27.7 Å². The summed E-state index contributed by atoms with van der Waals surface area (Å²) in [5.41, 5.74) is -1.72. The molecule has 1 aliphatic heterocycles. The van der Waals surface area contributed by atoms with Crippen LogP contribution in [0.4, 0.5) is 33.5 Å². The van der Waals surface area contributed by atoms with Crippen LogP contribution < -0.4 is 10.2 Å². The molecule has 1 saturated carbocycles. The molecule has 0 spiro atoms. The summed E-state index contributed by atoms with van der Waals surface area (Å²) in [6.07, 6.45) is -2.10. The highest BCUT2D eigenvalue weighted by molar-refractivity contribution is 7.91. The average Bonchev–Trinajstić information content (AvgIpc) is 3.60. The molecule has 0 aromatic carbocycles. The first-order valence-corrected chi connectivity index (χ1v) is 13.4. The van der Waals surface area contributed by atoms with Gasteiger partial charge in [-0.3, -0.25) is 4.79 Å². The van der Waals surface area contributed by atoms with Crippen molar-refractivity contribution in [2.45, 2.75) is 62.1 Å². The summed E-state index contributed by atoms with van der Waals surface area (Å²) in [5, 5.41) is 2.39. The molecule has 36 heavy (non-hydrogen) atoms. The van der Waals surface area contributed by atoms with Gasteiger partial charge in [0.25, 0.3) is 5.91 Å². The highest BCUT2D eigenvalue weighted by Crippen LogP contribution is 2.48. The number of halogens is 5. The molecular formula is C23H26F5N5O2S. The minimum absolute atomic E-state index is 0.0494. The SMILES string of the molecule is Cc1c(C(=O)Nc2ccnc([S@](C)(=N)=O)c2)c(N2CCCC(F)(F)CC2)nc(C2CC2)c1C(F)(F)F. The van der Waals surface area contributed by atoms with E-state index in [1.54, 1.807) is 0 Å². The average molecular weight is 532 g/mol. The van der Waals surface area contributed by atoms with Crippen molar-refractivity contribution in [3.63, 3.8) is 0 Å². The van der Waals surface area contributed by atoms with E-state index >= 15 is 0 Å². The Kier molecular flexibility index (Phi) is 6.73. The van der Waals surface area contributed by atoms with Gasteiger partial charge in [-0.05, 0) is 43.9 Å². The van der Waals surface area contributed by atoms with Crippen LogP contribution in [-0.2, 0) is 15.9 Å². The zero-order valence-electron chi connectivity index (χ0n) is 19.7. The normalized spacial score (nSPS) is 19.9. The summed E-state index contributed by atoms with van der Waals surface area (Å²) < 4.78 is 90.2. The largest absolute Gasteiger partial charge is 0.418 e. The Morgan fingerprint density at radius 1 is 1.25 bits per heavy atom. The minimum atomic E-state index is -4.77. The highest BCUT2D eigenvalue weighted by Gasteiger charge is 2.44. The quantitative estimate of drug-likeness (QED) is 0.490. The van der Waals surface area contributed by atoms with E-state index in [-0.39, 0.29) is 59.3 Å². The summed E-state index contributed by atoms with van der Waals surface area (Å²) >= 11 is 0. The number of aromatic nitrogens is 2. The van der Waals surface area contributed by atoms with Gasteiger partial charge in [0.15, 0.2) is 0 Å². The van der Waals surface area contributed by atoms with E-state index in [1.807, 2.05) is 0 Å². The van der Waals surface area contributed by atoms with Crippen molar-refractivity contribution < 1.29 is 31.0 Å². The van der Waals surface area contributed by atoms with Crippen LogP contribution in [0, 0.1) is 11.7 Å². The molecule has 1 atom stereocenters. The van der Waals surface area contributed by atoms with Crippen LogP contribution in [-0.4, -0.2) is 45.4 Å². The van der Waals surface area contributed by atoms with Gasteiger partial charge in [0.1, 0.15) is 10.8 Å². The molecule has 196 valence electrons. The van der Waals surface area contributed by atoms with Crippen LogP contribution >= 0.6 is 0 Å². The van der Waals surface area contributed by atoms with Gasteiger partial charge in [-0.1, -0.05) is 0 Å². The third-order valence-corrected chi connectivity index (χ3v) is 7.36. The molecule has 2 N–H and O–H groups in total. The predicted octanol–water partition coefficient (Wildman–Crippen LogP) is 5.59. The van der Waals surface area contributed by atoms with Crippen molar-refractivity contribution in [3.05, 3.63) is 40.7 Å². The molecule has 0 bridgehead atoms. The fraction of sp³-hybridized carbons (Fsp3) is 0.522. The van der Waals surface area contributed by atoms with Crippen LogP contribution in [0.15, 0.2) is 23.4 Å². The number of nitrogens with one attached hydrogen (secondary N) is 2. The molecule has 2 aromatic rings. The number of hydrogen-bond acceptors (Lipinski definition) is 6. The lowest BCUT2D eigenvalue weighted by Gasteiger charge is -2.28. The van der Waals surface area contributed by atoms with Gasteiger partial charge >= 0.3 is 6.18 Å². The molecule has 1 amide bonds.